The highest BCUT2D eigenvalue weighted by molar-refractivity contribution is 7.98. The standard InChI is InChI=1S/C26H30N2O4S3/c1-3-32-23-11-9-22(10-12-23)28(35(30,31)25-15-13-24(33-2)14-16-25)19-26(29)27-17-18-34-20-21-7-5-4-6-8-21/h4-16H,3,17-20H2,1-2H3,(H,27,29). The number of thioether (sulfide) groups is 2. The quantitative estimate of drug-likeness (QED) is 0.246. The van der Waals surface area contributed by atoms with E-state index in [1.807, 2.05) is 31.4 Å². The lowest BCUT2D eigenvalue weighted by atomic mass is 10.2. The summed E-state index contributed by atoms with van der Waals surface area (Å²) in [5, 5.41) is 2.85. The van der Waals surface area contributed by atoms with Crippen molar-refractivity contribution in [2.75, 3.05) is 36.0 Å². The number of benzene rings is 3. The molecule has 1 N–H and O–H groups in total. The van der Waals surface area contributed by atoms with Crippen LogP contribution in [0.5, 0.6) is 5.75 Å². The third-order valence-corrected chi connectivity index (χ3v) is 8.61. The van der Waals surface area contributed by atoms with Gasteiger partial charge in [0, 0.05) is 22.9 Å². The van der Waals surface area contributed by atoms with Crippen LogP contribution in [0.15, 0.2) is 88.7 Å². The zero-order valence-electron chi connectivity index (χ0n) is 19.8. The molecule has 0 atom stereocenters. The van der Waals surface area contributed by atoms with Crippen LogP contribution < -0.4 is 14.4 Å². The number of hydrogen-bond donors (Lipinski definition) is 1. The smallest absolute Gasteiger partial charge is 0.264 e. The van der Waals surface area contributed by atoms with Crippen LogP contribution in [0.25, 0.3) is 0 Å². The van der Waals surface area contributed by atoms with Gasteiger partial charge in [0.25, 0.3) is 10.0 Å². The Morgan fingerprint density at radius 3 is 2.29 bits per heavy atom. The van der Waals surface area contributed by atoms with E-state index < -0.39 is 10.0 Å². The first-order chi connectivity index (χ1) is 16.9. The van der Waals surface area contributed by atoms with Crippen molar-refractivity contribution in [1.29, 1.82) is 0 Å². The molecular formula is C26H30N2O4S3. The number of hydrogen-bond acceptors (Lipinski definition) is 6. The van der Waals surface area contributed by atoms with E-state index in [0.717, 1.165) is 20.7 Å². The van der Waals surface area contributed by atoms with Crippen molar-refractivity contribution in [3.63, 3.8) is 0 Å². The molecule has 0 fully saturated rings. The number of nitrogens with zero attached hydrogens (tertiary/aromatic N) is 1. The Bertz CT molecular complexity index is 1170. The molecule has 0 aliphatic carbocycles. The van der Waals surface area contributed by atoms with Gasteiger partial charge in [-0.05, 0) is 67.3 Å². The summed E-state index contributed by atoms with van der Waals surface area (Å²) in [5.41, 5.74) is 1.63. The first-order valence-electron chi connectivity index (χ1n) is 11.2. The number of carbonyl (C=O) groups is 1. The molecule has 0 saturated carbocycles. The zero-order chi connectivity index (χ0) is 25.1. The summed E-state index contributed by atoms with van der Waals surface area (Å²) in [5.74, 6) is 1.86. The second-order valence-corrected chi connectivity index (χ2v) is 11.3. The second-order valence-electron chi connectivity index (χ2n) is 7.50. The van der Waals surface area contributed by atoms with Crippen molar-refractivity contribution >= 4 is 45.1 Å². The van der Waals surface area contributed by atoms with Gasteiger partial charge in [-0.1, -0.05) is 30.3 Å². The van der Waals surface area contributed by atoms with Crippen molar-refractivity contribution in [3.8, 4) is 5.75 Å². The molecule has 0 aromatic heterocycles. The molecule has 0 saturated heterocycles. The van der Waals surface area contributed by atoms with E-state index >= 15 is 0 Å². The third kappa shape index (κ3) is 7.95. The van der Waals surface area contributed by atoms with Crippen LogP contribution >= 0.6 is 23.5 Å². The molecule has 0 aliphatic rings. The van der Waals surface area contributed by atoms with Gasteiger partial charge in [-0.25, -0.2) is 8.42 Å². The zero-order valence-corrected chi connectivity index (χ0v) is 22.3. The molecule has 3 rings (SSSR count). The number of ether oxygens (including phenoxy) is 1. The highest BCUT2D eigenvalue weighted by Gasteiger charge is 2.27. The summed E-state index contributed by atoms with van der Waals surface area (Å²) >= 11 is 3.25. The van der Waals surface area contributed by atoms with Crippen molar-refractivity contribution in [3.05, 3.63) is 84.4 Å². The normalized spacial score (nSPS) is 11.1. The molecule has 0 bridgehead atoms. The highest BCUT2D eigenvalue weighted by atomic mass is 32.2. The first-order valence-corrected chi connectivity index (χ1v) is 15.0. The molecular weight excluding hydrogens is 500 g/mol. The van der Waals surface area contributed by atoms with Gasteiger partial charge in [0.15, 0.2) is 0 Å². The first kappa shape index (κ1) is 27.0. The van der Waals surface area contributed by atoms with Crippen LogP contribution in [0.1, 0.15) is 12.5 Å². The monoisotopic (exact) mass is 530 g/mol. The summed E-state index contributed by atoms with van der Waals surface area (Å²) in [6, 6.07) is 23.5. The molecule has 35 heavy (non-hydrogen) atoms. The Balaban J connectivity index is 1.69. The molecule has 3 aromatic carbocycles. The van der Waals surface area contributed by atoms with E-state index in [1.54, 1.807) is 60.3 Å². The number of anilines is 1. The molecule has 0 radical (unpaired) electrons. The minimum atomic E-state index is -3.95. The van der Waals surface area contributed by atoms with Crippen molar-refractivity contribution in [2.24, 2.45) is 0 Å². The van der Waals surface area contributed by atoms with Gasteiger partial charge in [-0.2, -0.15) is 11.8 Å². The minimum Gasteiger partial charge on any atom is -0.494 e. The fourth-order valence-electron chi connectivity index (χ4n) is 3.28. The Hall–Kier alpha value is -2.62. The van der Waals surface area contributed by atoms with Crippen LogP contribution in [-0.2, 0) is 20.6 Å². The summed E-state index contributed by atoms with van der Waals surface area (Å²) in [7, 11) is -3.95. The Morgan fingerprint density at radius 2 is 1.66 bits per heavy atom. The highest BCUT2D eigenvalue weighted by Crippen LogP contribution is 2.27. The van der Waals surface area contributed by atoms with E-state index in [2.05, 4.69) is 17.4 Å². The van der Waals surface area contributed by atoms with Gasteiger partial charge >= 0.3 is 0 Å². The molecule has 0 aliphatic heterocycles. The van der Waals surface area contributed by atoms with Crippen LogP contribution in [0.3, 0.4) is 0 Å². The van der Waals surface area contributed by atoms with E-state index in [4.69, 9.17) is 4.74 Å². The lowest BCUT2D eigenvalue weighted by Gasteiger charge is -2.24. The van der Waals surface area contributed by atoms with Crippen LogP contribution in [-0.4, -0.2) is 46.0 Å². The lowest BCUT2D eigenvalue weighted by molar-refractivity contribution is -0.119. The summed E-state index contributed by atoms with van der Waals surface area (Å²) < 4.78 is 33.6. The van der Waals surface area contributed by atoms with Crippen LogP contribution in [0.2, 0.25) is 0 Å². The maximum atomic E-state index is 13.5. The molecule has 186 valence electrons. The SMILES string of the molecule is CCOc1ccc(N(CC(=O)NCCSCc2ccccc2)S(=O)(=O)c2ccc(SC)cc2)cc1. The molecule has 6 nitrogen and oxygen atoms in total. The predicted octanol–water partition coefficient (Wildman–Crippen LogP) is 5.05. The fraction of sp³-hybridized carbons (Fsp3) is 0.269. The average Bonchev–Trinajstić information content (AvgIpc) is 2.88. The Kier molecular flexibility index (Phi) is 10.4. The molecule has 0 unspecified atom stereocenters. The van der Waals surface area contributed by atoms with Gasteiger partial charge in [0.2, 0.25) is 5.91 Å². The van der Waals surface area contributed by atoms with E-state index in [-0.39, 0.29) is 17.3 Å². The van der Waals surface area contributed by atoms with Crippen molar-refractivity contribution in [1.82, 2.24) is 5.32 Å². The largest absolute Gasteiger partial charge is 0.494 e. The summed E-state index contributed by atoms with van der Waals surface area (Å²) in [6.07, 6.45) is 1.93. The predicted molar refractivity (Wildman–Crippen MR) is 146 cm³/mol. The van der Waals surface area contributed by atoms with Crippen LogP contribution in [0.4, 0.5) is 5.69 Å². The van der Waals surface area contributed by atoms with Crippen LogP contribution in [0, 0.1) is 0 Å². The molecule has 0 spiro atoms. The Labute approximate surface area is 216 Å². The number of rotatable bonds is 13. The maximum Gasteiger partial charge on any atom is 0.264 e. The van der Waals surface area contributed by atoms with Gasteiger partial charge in [-0.3, -0.25) is 9.10 Å². The van der Waals surface area contributed by atoms with E-state index in [1.165, 1.54) is 17.3 Å². The van der Waals surface area contributed by atoms with Gasteiger partial charge < -0.3 is 10.1 Å². The lowest BCUT2D eigenvalue weighted by Crippen LogP contribution is -2.41. The number of carbonyl (C=O) groups excluding carboxylic acids is 1. The van der Waals surface area contributed by atoms with Crippen molar-refractivity contribution < 1.29 is 17.9 Å². The van der Waals surface area contributed by atoms with E-state index in [9.17, 15) is 13.2 Å². The third-order valence-electron chi connectivity index (χ3n) is 5.05. The van der Waals surface area contributed by atoms with Gasteiger partial charge in [-0.15, -0.1) is 11.8 Å². The number of sulfonamides is 1. The number of nitrogens with one attached hydrogen (secondary N) is 1. The second kappa shape index (κ2) is 13.5. The fourth-order valence-corrected chi connectivity index (χ4v) is 5.93. The van der Waals surface area contributed by atoms with Gasteiger partial charge in [0.1, 0.15) is 12.3 Å². The summed E-state index contributed by atoms with van der Waals surface area (Å²) in [6.45, 7) is 2.53. The Morgan fingerprint density at radius 1 is 0.971 bits per heavy atom. The molecule has 9 heteroatoms. The van der Waals surface area contributed by atoms with Crippen molar-refractivity contribution in [2.45, 2.75) is 22.5 Å². The van der Waals surface area contributed by atoms with E-state index in [0.29, 0.717) is 24.6 Å². The number of amides is 1. The average molecular weight is 531 g/mol. The maximum absolute atomic E-state index is 13.5. The minimum absolute atomic E-state index is 0.135. The van der Waals surface area contributed by atoms with Gasteiger partial charge in [0.05, 0.1) is 17.2 Å². The molecule has 3 aromatic rings. The topological polar surface area (TPSA) is 75.7 Å². The molecule has 1 amide bonds. The summed E-state index contributed by atoms with van der Waals surface area (Å²) in [4.78, 5) is 13.8. The molecule has 0 heterocycles.